The number of rotatable bonds is 4. The Kier molecular flexibility index (Phi) is 3.21. The molecule has 0 aliphatic rings. The van der Waals surface area contributed by atoms with Gasteiger partial charge in [-0.3, -0.25) is 4.79 Å². The van der Waals surface area contributed by atoms with Crippen LogP contribution in [0.3, 0.4) is 0 Å². The predicted molar refractivity (Wildman–Crippen MR) is 78.2 cm³/mol. The third-order valence-electron chi connectivity index (χ3n) is 3.45. The Morgan fingerprint density at radius 1 is 1.10 bits per heavy atom. The number of aromatic nitrogens is 2. The smallest absolute Gasteiger partial charge is 0.207 e. The van der Waals surface area contributed by atoms with Crippen molar-refractivity contribution in [3.8, 4) is 0 Å². The van der Waals surface area contributed by atoms with Crippen LogP contribution in [-0.4, -0.2) is 16.0 Å². The average molecular weight is 265 g/mol. The molecule has 1 N–H and O–H groups in total. The van der Waals surface area contributed by atoms with Gasteiger partial charge in [0.1, 0.15) is 11.9 Å². The maximum atomic E-state index is 10.9. The zero-order valence-corrected chi connectivity index (χ0v) is 11.2. The van der Waals surface area contributed by atoms with Crippen molar-refractivity contribution in [3.63, 3.8) is 0 Å². The van der Waals surface area contributed by atoms with Crippen LogP contribution in [0, 0.1) is 0 Å². The first-order valence-corrected chi connectivity index (χ1v) is 6.47. The summed E-state index contributed by atoms with van der Waals surface area (Å²) >= 11 is 0. The molecule has 0 saturated carbocycles. The van der Waals surface area contributed by atoms with Crippen molar-refractivity contribution in [2.24, 2.45) is 7.05 Å². The van der Waals surface area contributed by atoms with Crippen LogP contribution in [0.15, 0.2) is 54.6 Å². The number of amides is 1. The van der Waals surface area contributed by atoms with E-state index in [2.05, 4.69) is 10.3 Å². The summed E-state index contributed by atoms with van der Waals surface area (Å²) in [5.41, 5.74) is 2.99. The number of imidazole rings is 1. The van der Waals surface area contributed by atoms with E-state index in [4.69, 9.17) is 0 Å². The summed E-state index contributed by atoms with van der Waals surface area (Å²) in [4.78, 5) is 15.6. The Labute approximate surface area is 117 Å². The molecule has 0 spiro atoms. The van der Waals surface area contributed by atoms with Crippen molar-refractivity contribution in [1.29, 1.82) is 0 Å². The van der Waals surface area contributed by atoms with Gasteiger partial charge in [-0.2, -0.15) is 0 Å². The van der Waals surface area contributed by atoms with Gasteiger partial charge in [0.2, 0.25) is 6.41 Å². The third-order valence-corrected chi connectivity index (χ3v) is 3.45. The minimum Gasteiger partial charge on any atom is -0.345 e. The van der Waals surface area contributed by atoms with Crippen molar-refractivity contribution in [2.75, 3.05) is 0 Å². The van der Waals surface area contributed by atoms with Crippen LogP contribution in [-0.2, 0) is 11.8 Å². The van der Waals surface area contributed by atoms with Crippen LogP contribution in [0.2, 0.25) is 0 Å². The van der Waals surface area contributed by atoms with E-state index in [1.54, 1.807) is 0 Å². The molecule has 1 heterocycles. The number of para-hydroxylation sites is 2. The zero-order chi connectivity index (χ0) is 13.9. The van der Waals surface area contributed by atoms with Gasteiger partial charge in [0.05, 0.1) is 11.0 Å². The van der Waals surface area contributed by atoms with Gasteiger partial charge in [0.25, 0.3) is 0 Å². The Morgan fingerprint density at radius 3 is 2.50 bits per heavy atom. The minimum absolute atomic E-state index is 0.244. The van der Waals surface area contributed by atoms with E-state index >= 15 is 0 Å². The van der Waals surface area contributed by atoms with Crippen molar-refractivity contribution in [1.82, 2.24) is 14.9 Å². The molecule has 20 heavy (non-hydrogen) atoms. The van der Waals surface area contributed by atoms with Crippen LogP contribution in [0.4, 0.5) is 0 Å². The maximum Gasteiger partial charge on any atom is 0.207 e. The molecule has 0 aliphatic carbocycles. The number of hydrogen-bond acceptors (Lipinski definition) is 2. The topological polar surface area (TPSA) is 46.9 Å². The lowest BCUT2D eigenvalue weighted by Crippen LogP contribution is -2.23. The Bertz CT molecular complexity index is 734. The van der Waals surface area contributed by atoms with E-state index in [-0.39, 0.29) is 6.04 Å². The monoisotopic (exact) mass is 265 g/mol. The fourth-order valence-electron chi connectivity index (χ4n) is 2.46. The van der Waals surface area contributed by atoms with E-state index in [0.717, 1.165) is 28.8 Å². The Morgan fingerprint density at radius 2 is 1.80 bits per heavy atom. The standard InChI is InChI=1S/C16H15N3O/c1-19-14-10-6-5-9-13(14)18-16(19)15(17-11-20)12-7-3-2-4-8-12/h2-11,15H,1H3,(H,17,20). The number of aryl methyl sites for hydroxylation is 1. The van der Waals surface area contributed by atoms with Crippen molar-refractivity contribution >= 4 is 17.4 Å². The second-order valence-electron chi connectivity index (χ2n) is 4.65. The molecule has 1 atom stereocenters. The average Bonchev–Trinajstić information content (AvgIpc) is 2.83. The second kappa shape index (κ2) is 5.17. The van der Waals surface area contributed by atoms with Crippen LogP contribution in [0.5, 0.6) is 0 Å². The number of carbonyl (C=O) groups excluding carboxylic acids is 1. The number of carbonyl (C=O) groups is 1. The molecule has 3 aromatic rings. The molecular weight excluding hydrogens is 250 g/mol. The first-order chi connectivity index (χ1) is 9.81. The molecule has 0 fully saturated rings. The molecule has 1 unspecified atom stereocenters. The molecule has 0 bridgehead atoms. The summed E-state index contributed by atoms with van der Waals surface area (Å²) in [5, 5.41) is 2.85. The highest BCUT2D eigenvalue weighted by Gasteiger charge is 2.19. The van der Waals surface area contributed by atoms with Crippen molar-refractivity contribution < 1.29 is 4.79 Å². The van der Waals surface area contributed by atoms with Gasteiger partial charge < -0.3 is 9.88 Å². The number of nitrogens with zero attached hydrogens (tertiary/aromatic N) is 2. The van der Waals surface area contributed by atoms with Gasteiger partial charge in [-0.1, -0.05) is 42.5 Å². The summed E-state index contributed by atoms with van der Waals surface area (Å²) in [6, 6.07) is 17.5. The molecule has 2 aromatic carbocycles. The van der Waals surface area contributed by atoms with Gasteiger partial charge in [-0.05, 0) is 17.7 Å². The van der Waals surface area contributed by atoms with E-state index in [9.17, 15) is 4.79 Å². The molecule has 0 aliphatic heterocycles. The highest BCUT2D eigenvalue weighted by Crippen LogP contribution is 2.24. The summed E-state index contributed by atoms with van der Waals surface area (Å²) in [6.45, 7) is 0. The molecule has 4 nitrogen and oxygen atoms in total. The number of benzene rings is 2. The fourth-order valence-corrected chi connectivity index (χ4v) is 2.46. The quantitative estimate of drug-likeness (QED) is 0.736. The van der Waals surface area contributed by atoms with Crippen molar-refractivity contribution in [2.45, 2.75) is 6.04 Å². The minimum atomic E-state index is -0.244. The second-order valence-corrected chi connectivity index (χ2v) is 4.65. The first kappa shape index (κ1) is 12.4. The summed E-state index contributed by atoms with van der Waals surface area (Å²) in [7, 11) is 1.97. The molecule has 100 valence electrons. The fraction of sp³-hybridized carbons (Fsp3) is 0.125. The third kappa shape index (κ3) is 2.05. The van der Waals surface area contributed by atoms with E-state index < -0.39 is 0 Å². The molecule has 1 aromatic heterocycles. The first-order valence-electron chi connectivity index (χ1n) is 6.47. The molecule has 3 rings (SSSR count). The SMILES string of the molecule is Cn1c(C(NC=O)c2ccccc2)nc2ccccc21. The molecule has 0 saturated heterocycles. The highest BCUT2D eigenvalue weighted by atomic mass is 16.1. The maximum absolute atomic E-state index is 10.9. The molecule has 1 amide bonds. The van der Waals surface area contributed by atoms with Crippen molar-refractivity contribution in [3.05, 3.63) is 66.0 Å². The van der Waals surface area contributed by atoms with Crippen LogP contribution in [0.1, 0.15) is 17.4 Å². The zero-order valence-electron chi connectivity index (χ0n) is 11.2. The Balaban J connectivity index is 2.15. The van der Waals surface area contributed by atoms with Crippen LogP contribution in [0.25, 0.3) is 11.0 Å². The van der Waals surface area contributed by atoms with Crippen LogP contribution < -0.4 is 5.32 Å². The lowest BCUT2D eigenvalue weighted by molar-refractivity contribution is -0.110. The lowest BCUT2D eigenvalue weighted by atomic mass is 10.1. The summed E-state index contributed by atoms with van der Waals surface area (Å²) < 4.78 is 2.02. The number of fused-ring (bicyclic) bond motifs is 1. The Hall–Kier alpha value is -2.62. The van der Waals surface area contributed by atoms with E-state index in [1.165, 1.54) is 0 Å². The lowest BCUT2D eigenvalue weighted by Gasteiger charge is -2.16. The van der Waals surface area contributed by atoms with E-state index in [0.29, 0.717) is 0 Å². The van der Waals surface area contributed by atoms with Crippen LogP contribution >= 0.6 is 0 Å². The van der Waals surface area contributed by atoms with Gasteiger partial charge in [0, 0.05) is 7.05 Å². The predicted octanol–water partition coefficient (Wildman–Crippen LogP) is 2.41. The number of hydrogen-bond donors (Lipinski definition) is 1. The van der Waals surface area contributed by atoms with Gasteiger partial charge in [-0.25, -0.2) is 4.98 Å². The van der Waals surface area contributed by atoms with Gasteiger partial charge >= 0.3 is 0 Å². The normalized spacial score (nSPS) is 12.2. The largest absolute Gasteiger partial charge is 0.345 e. The molecular formula is C16H15N3O. The summed E-state index contributed by atoms with van der Waals surface area (Å²) in [6.07, 6.45) is 0.719. The number of nitrogens with one attached hydrogen (secondary N) is 1. The van der Waals surface area contributed by atoms with Gasteiger partial charge in [0.15, 0.2) is 0 Å². The highest BCUT2D eigenvalue weighted by molar-refractivity contribution is 5.76. The van der Waals surface area contributed by atoms with E-state index in [1.807, 2.05) is 66.2 Å². The van der Waals surface area contributed by atoms with Gasteiger partial charge in [-0.15, -0.1) is 0 Å². The summed E-state index contributed by atoms with van der Waals surface area (Å²) in [5.74, 6) is 0.824. The molecule has 0 radical (unpaired) electrons. The molecule has 4 heteroatoms.